The molecule has 0 spiro atoms. The number of hydrogen-bond acceptors (Lipinski definition) is 7. The van der Waals surface area contributed by atoms with Crippen molar-refractivity contribution in [2.75, 3.05) is 18.0 Å². The van der Waals surface area contributed by atoms with E-state index in [2.05, 4.69) is 36.6 Å². The zero-order valence-electron chi connectivity index (χ0n) is 10.8. The minimum absolute atomic E-state index is 0.269. The molecule has 7 nitrogen and oxygen atoms in total. The van der Waals surface area contributed by atoms with Crippen molar-refractivity contribution in [2.45, 2.75) is 25.8 Å². The van der Waals surface area contributed by atoms with Crippen molar-refractivity contribution >= 4 is 17.5 Å². The minimum atomic E-state index is 0.269. The van der Waals surface area contributed by atoms with Crippen molar-refractivity contribution in [3.8, 4) is 11.5 Å². The Balaban J connectivity index is 1.68. The number of H-pyrrole nitrogens is 1. The molecule has 3 heterocycles. The standard InChI is InChI=1S/C11H17N7S/c1-7(12)8-2-4-18(5-3-8)11-13-10(15-16-11)9-6-19-17-14-9/h6-8H,2-5,12H2,1H3,(H,13,15,16). The molecule has 1 unspecified atom stereocenters. The molecular weight excluding hydrogens is 262 g/mol. The second-order valence-electron chi connectivity index (χ2n) is 4.96. The molecule has 2 aromatic rings. The molecular formula is C11H17N7S. The van der Waals surface area contributed by atoms with Gasteiger partial charge in [0.1, 0.15) is 5.69 Å². The Morgan fingerprint density at radius 3 is 2.89 bits per heavy atom. The van der Waals surface area contributed by atoms with Gasteiger partial charge in [-0.1, -0.05) is 4.49 Å². The van der Waals surface area contributed by atoms with Crippen molar-refractivity contribution in [3.05, 3.63) is 5.38 Å². The Hall–Kier alpha value is -1.54. The quantitative estimate of drug-likeness (QED) is 0.866. The van der Waals surface area contributed by atoms with E-state index >= 15 is 0 Å². The summed E-state index contributed by atoms with van der Waals surface area (Å²) in [4.78, 5) is 6.67. The molecule has 1 saturated heterocycles. The lowest BCUT2D eigenvalue weighted by Crippen LogP contribution is -2.40. The molecule has 19 heavy (non-hydrogen) atoms. The van der Waals surface area contributed by atoms with Crippen LogP contribution in [0, 0.1) is 5.92 Å². The minimum Gasteiger partial charge on any atom is -0.340 e. The van der Waals surface area contributed by atoms with Crippen LogP contribution in [0.5, 0.6) is 0 Å². The lowest BCUT2D eigenvalue weighted by atomic mass is 9.91. The van der Waals surface area contributed by atoms with Crippen LogP contribution in [0.4, 0.5) is 5.95 Å². The van der Waals surface area contributed by atoms with Gasteiger partial charge in [0.15, 0.2) is 5.82 Å². The van der Waals surface area contributed by atoms with Crippen LogP contribution in [0.25, 0.3) is 11.5 Å². The maximum Gasteiger partial charge on any atom is 0.245 e. The van der Waals surface area contributed by atoms with Crippen molar-refractivity contribution < 1.29 is 0 Å². The fourth-order valence-corrected chi connectivity index (χ4v) is 2.84. The molecule has 0 aliphatic carbocycles. The molecule has 3 N–H and O–H groups in total. The molecule has 1 aliphatic rings. The monoisotopic (exact) mass is 279 g/mol. The number of piperidine rings is 1. The first-order chi connectivity index (χ1) is 9.24. The fraction of sp³-hybridized carbons (Fsp3) is 0.636. The molecule has 0 amide bonds. The van der Waals surface area contributed by atoms with Gasteiger partial charge < -0.3 is 10.6 Å². The van der Waals surface area contributed by atoms with Gasteiger partial charge in [0.2, 0.25) is 5.95 Å². The Morgan fingerprint density at radius 1 is 1.47 bits per heavy atom. The number of rotatable bonds is 3. The Labute approximate surface area is 115 Å². The predicted octanol–water partition coefficient (Wildman–Crippen LogP) is 0.887. The molecule has 1 aliphatic heterocycles. The number of aromatic nitrogens is 5. The van der Waals surface area contributed by atoms with E-state index in [4.69, 9.17) is 5.73 Å². The molecule has 8 heteroatoms. The number of nitrogens with two attached hydrogens (primary N) is 1. The fourth-order valence-electron chi connectivity index (χ4n) is 2.40. The second-order valence-corrected chi connectivity index (χ2v) is 5.57. The Kier molecular flexibility index (Phi) is 3.43. The summed E-state index contributed by atoms with van der Waals surface area (Å²) in [6.07, 6.45) is 2.19. The number of anilines is 1. The van der Waals surface area contributed by atoms with Gasteiger partial charge in [-0.2, -0.15) is 4.98 Å². The van der Waals surface area contributed by atoms with Crippen molar-refractivity contribution in [1.29, 1.82) is 0 Å². The van der Waals surface area contributed by atoms with Gasteiger partial charge in [0.05, 0.1) is 0 Å². The van der Waals surface area contributed by atoms with Gasteiger partial charge in [-0.05, 0) is 37.2 Å². The first kappa shape index (κ1) is 12.5. The molecule has 3 rings (SSSR count). The van der Waals surface area contributed by atoms with Crippen LogP contribution in [-0.4, -0.2) is 43.9 Å². The summed E-state index contributed by atoms with van der Waals surface area (Å²) in [5, 5.41) is 13.0. The van der Waals surface area contributed by atoms with Crippen LogP contribution in [-0.2, 0) is 0 Å². The maximum atomic E-state index is 5.95. The van der Waals surface area contributed by atoms with Crippen LogP contribution < -0.4 is 10.6 Å². The lowest BCUT2D eigenvalue weighted by Gasteiger charge is -2.32. The van der Waals surface area contributed by atoms with Gasteiger partial charge in [0, 0.05) is 24.5 Å². The highest BCUT2D eigenvalue weighted by molar-refractivity contribution is 7.03. The first-order valence-corrected chi connectivity index (χ1v) is 7.28. The van der Waals surface area contributed by atoms with Crippen molar-refractivity contribution in [3.63, 3.8) is 0 Å². The normalized spacial score (nSPS) is 18.7. The molecule has 0 aromatic carbocycles. The van der Waals surface area contributed by atoms with E-state index in [1.165, 1.54) is 11.5 Å². The van der Waals surface area contributed by atoms with Gasteiger partial charge in [0.25, 0.3) is 0 Å². The SMILES string of the molecule is CC(N)C1CCN(c2n[nH]c(-c3csnn3)n2)CC1. The topological polar surface area (TPSA) is 96.6 Å². The average molecular weight is 279 g/mol. The summed E-state index contributed by atoms with van der Waals surface area (Å²) in [6.45, 7) is 4.00. The summed E-state index contributed by atoms with van der Waals surface area (Å²) in [5.74, 6) is 2.03. The average Bonchev–Trinajstić information content (AvgIpc) is 3.10. The van der Waals surface area contributed by atoms with Gasteiger partial charge >= 0.3 is 0 Å². The van der Waals surface area contributed by atoms with Crippen LogP contribution >= 0.6 is 11.5 Å². The van der Waals surface area contributed by atoms with E-state index in [9.17, 15) is 0 Å². The summed E-state index contributed by atoms with van der Waals surface area (Å²) in [6, 6.07) is 0.269. The second kappa shape index (κ2) is 5.22. The molecule has 0 saturated carbocycles. The van der Waals surface area contributed by atoms with Gasteiger partial charge in [-0.15, -0.1) is 10.2 Å². The van der Waals surface area contributed by atoms with E-state index < -0.39 is 0 Å². The molecule has 0 bridgehead atoms. The summed E-state index contributed by atoms with van der Waals surface area (Å²) >= 11 is 1.31. The number of nitrogens with zero attached hydrogens (tertiary/aromatic N) is 5. The molecule has 1 fully saturated rings. The van der Waals surface area contributed by atoms with Crippen LogP contribution in [0.1, 0.15) is 19.8 Å². The van der Waals surface area contributed by atoms with Gasteiger partial charge in [-0.3, -0.25) is 5.10 Å². The number of nitrogens with one attached hydrogen (secondary N) is 1. The Bertz CT molecular complexity index is 513. The first-order valence-electron chi connectivity index (χ1n) is 6.44. The number of aromatic amines is 1. The van der Waals surface area contributed by atoms with E-state index in [-0.39, 0.29) is 6.04 Å². The van der Waals surface area contributed by atoms with Crippen LogP contribution in [0.2, 0.25) is 0 Å². The zero-order valence-corrected chi connectivity index (χ0v) is 11.6. The Morgan fingerprint density at radius 2 is 2.26 bits per heavy atom. The molecule has 1 atom stereocenters. The molecule has 102 valence electrons. The third-order valence-electron chi connectivity index (χ3n) is 3.64. The van der Waals surface area contributed by atoms with Crippen molar-refractivity contribution in [2.24, 2.45) is 11.7 Å². The highest BCUT2D eigenvalue weighted by atomic mass is 32.1. The van der Waals surface area contributed by atoms with Gasteiger partial charge in [-0.25, -0.2) is 0 Å². The molecule has 2 aromatic heterocycles. The van der Waals surface area contributed by atoms with Crippen LogP contribution in [0.3, 0.4) is 0 Å². The predicted molar refractivity (Wildman–Crippen MR) is 73.9 cm³/mol. The van der Waals surface area contributed by atoms with E-state index in [1.807, 2.05) is 5.38 Å². The summed E-state index contributed by atoms with van der Waals surface area (Å²) in [5.41, 5.74) is 6.69. The van der Waals surface area contributed by atoms with E-state index in [0.717, 1.165) is 37.6 Å². The maximum absolute atomic E-state index is 5.95. The lowest BCUT2D eigenvalue weighted by molar-refractivity contribution is 0.352. The highest BCUT2D eigenvalue weighted by Crippen LogP contribution is 2.23. The third-order valence-corrected chi connectivity index (χ3v) is 4.15. The largest absolute Gasteiger partial charge is 0.340 e. The highest BCUT2D eigenvalue weighted by Gasteiger charge is 2.24. The van der Waals surface area contributed by atoms with Crippen molar-refractivity contribution in [1.82, 2.24) is 24.8 Å². The summed E-state index contributed by atoms with van der Waals surface area (Å²) < 4.78 is 3.83. The number of hydrogen-bond donors (Lipinski definition) is 2. The van der Waals surface area contributed by atoms with E-state index in [0.29, 0.717) is 11.7 Å². The summed E-state index contributed by atoms with van der Waals surface area (Å²) in [7, 11) is 0. The zero-order chi connectivity index (χ0) is 13.2. The third kappa shape index (κ3) is 2.59. The van der Waals surface area contributed by atoms with E-state index in [1.54, 1.807) is 0 Å². The van der Waals surface area contributed by atoms with Crippen LogP contribution in [0.15, 0.2) is 5.38 Å². The smallest absolute Gasteiger partial charge is 0.245 e. The molecule has 0 radical (unpaired) electrons.